The Hall–Kier alpha value is -11.6. The number of rotatable bonds is 29. The van der Waals surface area contributed by atoms with Gasteiger partial charge in [0, 0.05) is 37.4 Å². The van der Waals surface area contributed by atoms with Crippen molar-refractivity contribution in [2.75, 3.05) is 37.8 Å². The second-order valence-electron chi connectivity index (χ2n) is 33.6. The topological polar surface area (TPSA) is 359 Å². The van der Waals surface area contributed by atoms with Crippen LogP contribution in [0.1, 0.15) is 164 Å². The van der Waals surface area contributed by atoms with Crippen molar-refractivity contribution in [3.05, 3.63) is 244 Å². The summed E-state index contributed by atoms with van der Waals surface area (Å²) in [5.41, 5.74) is 1.66. The summed E-state index contributed by atoms with van der Waals surface area (Å²) in [5, 5.41) is 31.2. The molecule has 7 aromatic carbocycles. The maximum atomic E-state index is 16.3. The van der Waals surface area contributed by atoms with Crippen LogP contribution in [-0.2, 0) is 75.0 Å². The summed E-state index contributed by atoms with van der Waals surface area (Å²) >= 11 is 0. The smallest absolute Gasteiger partial charge is 0.408 e. The number of likely N-dealkylation sites (tertiary alicyclic amines) is 1. The average Bonchev–Trinajstić information content (AvgIpc) is 1.28. The van der Waals surface area contributed by atoms with Crippen molar-refractivity contribution in [1.82, 2.24) is 63.4 Å². The van der Waals surface area contributed by atoms with E-state index >= 15 is 38.4 Å². The summed E-state index contributed by atoms with van der Waals surface area (Å²) in [6.45, 7) is 19.8. The van der Waals surface area contributed by atoms with Gasteiger partial charge in [0.1, 0.15) is 83.0 Å². The van der Waals surface area contributed by atoms with Gasteiger partial charge in [0.05, 0.1) is 13.0 Å². The highest BCUT2D eigenvalue weighted by Crippen LogP contribution is 2.40. The van der Waals surface area contributed by atoms with Gasteiger partial charge in [-0.3, -0.25) is 52.7 Å². The Labute approximate surface area is 728 Å². The van der Waals surface area contributed by atoms with E-state index in [4.69, 9.17) is 9.47 Å². The van der Waals surface area contributed by atoms with Gasteiger partial charge < -0.3 is 72.9 Å². The Kier molecular flexibility index (Phi) is 34.4. The lowest BCUT2D eigenvalue weighted by atomic mass is 9.76. The molecule has 9 atom stereocenters. The quantitative estimate of drug-likeness (QED) is 0.0153. The number of carbonyl (C=O) groups excluding carboxylic acids is 12. The Morgan fingerprint density at radius 1 is 0.545 bits per heavy atom. The largest absolute Gasteiger partial charge is 0.488 e. The van der Waals surface area contributed by atoms with E-state index in [-0.39, 0.29) is 62.6 Å². The molecule has 0 aromatic heterocycles. The molecule has 9 rings (SSSR count). The van der Waals surface area contributed by atoms with Crippen LogP contribution >= 0.6 is 21.6 Å². The van der Waals surface area contributed by atoms with Crippen LogP contribution in [0, 0.1) is 25.7 Å². The number of benzene rings is 7. The third-order valence-corrected chi connectivity index (χ3v) is 23.6. The normalized spacial score (nSPS) is 19.1. The Bertz CT molecular complexity index is 4680. The molecule has 656 valence electrons. The third-order valence-electron chi connectivity index (χ3n) is 21.2. The number of carbonyl (C=O) groups is 12. The SMILES string of the molecule is CC[C@H](C)[C@@H]1NC(=O)[C@H](Cc2ccc(OC(C)(C)C)cc2)NC(=O)[C@@H](NC(=O)OC(C)(C)C)CSSC[C@@H](C(=O)N2CCC[C@H]2C(=O)N[C@@H](CC(C)C)C(=O)NCC(=O)NCC[18F])NC(=O)[C@H](CC(=O)NC(c2ccccc2)(c2ccccc2)c2ccc(C)cc2)NC(=O)[C@H](CCC(=O)NC(c2ccccc2)(c2ccccc2)c2ccc(C)cc2)NC1=O. The third kappa shape index (κ3) is 27.0. The van der Waals surface area contributed by atoms with Gasteiger partial charge in [-0.1, -0.05) is 249 Å². The lowest BCUT2D eigenvalue weighted by Crippen LogP contribution is -2.62. The number of aryl methyl sites for hydroxylation is 2. The van der Waals surface area contributed by atoms with E-state index in [0.29, 0.717) is 44.7 Å². The fourth-order valence-electron chi connectivity index (χ4n) is 14.8. The van der Waals surface area contributed by atoms with Crippen molar-refractivity contribution < 1.29 is 71.4 Å². The molecule has 123 heavy (non-hydrogen) atoms. The van der Waals surface area contributed by atoms with Gasteiger partial charge in [-0.2, -0.15) is 0 Å². The minimum atomic E-state index is -1.98. The van der Waals surface area contributed by atoms with E-state index in [1.165, 1.54) is 4.90 Å². The molecule has 7 aromatic rings. The molecule has 0 bridgehead atoms. The zero-order valence-corrected chi connectivity index (χ0v) is 73.6. The Morgan fingerprint density at radius 3 is 1.54 bits per heavy atom. The summed E-state index contributed by atoms with van der Waals surface area (Å²) in [7, 11) is 1.94. The highest BCUT2D eigenvalue weighted by molar-refractivity contribution is 8.76. The molecule has 0 spiro atoms. The average molecular weight is 1720 g/mol. The summed E-state index contributed by atoms with van der Waals surface area (Å²) in [4.78, 5) is 183. The molecule has 2 aliphatic heterocycles. The van der Waals surface area contributed by atoms with Gasteiger partial charge in [0.2, 0.25) is 65.0 Å². The Morgan fingerprint density at radius 2 is 1.03 bits per heavy atom. The van der Waals surface area contributed by atoms with Crippen LogP contribution in [-0.4, -0.2) is 173 Å². The molecule has 0 radical (unpaired) electrons. The van der Waals surface area contributed by atoms with Crippen LogP contribution in [0.3, 0.4) is 0 Å². The van der Waals surface area contributed by atoms with E-state index in [9.17, 15) is 23.6 Å². The standard InChI is InChI=1S/C94H117FN12O14S2/c1-13-62(6)81-88(117)98-71(48-49-78(108)105-93(64-27-18-14-19-28-64,65-29-20-15-21-30-65)68-42-36-60(4)37-43-68)83(112)100-74(55-79(109)106-94(66-31-22-16-23-32-66,67-33-24-17-25-34-67)69-44-38-61(5)39-45-69)84(113)102-76(89(118)107-52-26-35-77(107)87(116)101-72(53-59(2)3)82(111)97-56-80(110)96-51-50-95)58-123-122-57-75(103-90(119)121-92(10,11)12)86(115)99-73(85(114)104-81)54-63-40-46-70(47-41-63)120-91(7,8)9/h14-25,27-34,36-47,59,62,71-77,81H,13,26,35,48-58H2,1-12H3,(H,96,110)(H,97,111)(H,98,117)(H,99,115)(H,100,112)(H,101,116)(H,102,113)(H,103,119)(H,104,114)(H,105,108)(H,106,109)/t62-,71-,72-,73-,74-,75-,76-,77-,81-/m0/s1/i95-1. The number of ether oxygens (including phenoxy) is 2. The van der Waals surface area contributed by atoms with Crippen LogP contribution in [0.4, 0.5) is 9.18 Å². The lowest BCUT2D eigenvalue weighted by molar-refractivity contribution is -0.142. The molecule has 0 saturated carbocycles. The zero-order valence-electron chi connectivity index (χ0n) is 72.0. The maximum absolute atomic E-state index is 16.3. The number of halogens is 1. The summed E-state index contributed by atoms with van der Waals surface area (Å²) < 4.78 is 24.8. The molecular formula is C94H117FN12O14S2. The van der Waals surface area contributed by atoms with E-state index in [1.807, 2.05) is 218 Å². The molecule has 2 aliphatic rings. The predicted molar refractivity (Wildman–Crippen MR) is 474 cm³/mol. The van der Waals surface area contributed by atoms with E-state index in [1.54, 1.807) is 58.9 Å². The summed E-state index contributed by atoms with van der Waals surface area (Å²) in [6.07, 6.45) is -2.41. The number of alkyl halides is 1. The van der Waals surface area contributed by atoms with Gasteiger partial charge >= 0.3 is 6.09 Å². The number of hydrogen-bond donors (Lipinski definition) is 11. The summed E-state index contributed by atoms with van der Waals surface area (Å²) in [6, 6.07) is 46.4. The van der Waals surface area contributed by atoms with Crippen LogP contribution in [0.15, 0.2) is 194 Å². The van der Waals surface area contributed by atoms with Crippen molar-refractivity contribution in [2.45, 2.75) is 205 Å². The zero-order chi connectivity index (χ0) is 89.2. The minimum Gasteiger partial charge on any atom is -0.488 e. The minimum absolute atomic E-state index is 0.0550. The van der Waals surface area contributed by atoms with Gasteiger partial charge in [-0.05, 0) is 144 Å². The van der Waals surface area contributed by atoms with Crippen molar-refractivity contribution in [1.29, 1.82) is 0 Å². The second-order valence-corrected chi connectivity index (χ2v) is 36.2. The molecule has 12 amide bonds. The van der Waals surface area contributed by atoms with Crippen molar-refractivity contribution in [3.8, 4) is 5.75 Å². The Balaban J connectivity index is 1.19. The number of alkyl carbamates (subject to hydrolysis) is 1. The molecule has 0 aliphatic carbocycles. The highest BCUT2D eigenvalue weighted by Gasteiger charge is 2.45. The molecule has 2 heterocycles. The number of hydrogen-bond acceptors (Lipinski definition) is 16. The van der Waals surface area contributed by atoms with Crippen molar-refractivity contribution >= 4 is 92.7 Å². The van der Waals surface area contributed by atoms with E-state index in [2.05, 4.69) is 58.5 Å². The van der Waals surface area contributed by atoms with Crippen LogP contribution in [0.2, 0.25) is 0 Å². The summed E-state index contributed by atoms with van der Waals surface area (Å²) in [5.74, 6) is -10.4. The van der Waals surface area contributed by atoms with Gasteiger partial charge in [-0.15, -0.1) is 0 Å². The fourth-order valence-corrected chi connectivity index (χ4v) is 17.2. The highest BCUT2D eigenvalue weighted by atomic mass is 33.1. The van der Waals surface area contributed by atoms with Crippen LogP contribution < -0.4 is 63.2 Å². The lowest BCUT2D eigenvalue weighted by Gasteiger charge is -2.37. The van der Waals surface area contributed by atoms with Crippen LogP contribution in [0.25, 0.3) is 0 Å². The first-order valence-corrected chi connectivity index (χ1v) is 44.3. The van der Waals surface area contributed by atoms with E-state index < -0.39 is 180 Å². The fraction of sp³-hybridized carbons (Fsp3) is 0.426. The first-order chi connectivity index (χ1) is 58.6. The van der Waals surface area contributed by atoms with Crippen molar-refractivity contribution in [3.63, 3.8) is 0 Å². The molecule has 26 nitrogen and oxygen atoms in total. The molecule has 0 unspecified atom stereocenters. The van der Waals surface area contributed by atoms with Gasteiger partial charge in [0.25, 0.3) is 0 Å². The molecule has 29 heteroatoms. The molecular weight excluding hydrogens is 1600 g/mol. The first kappa shape index (κ1) is 95.2. The molecule has 2 fully saturated rings. The number of nitrogens with zero attached hydrogens (tertiary/aromatic N) is 1. The molecule has 2 saturated heterocycles. The van der Waals surface area contributed by atoms with Gasteiger partial charge in [0.15, 0.2) is 0 Å². The first-order valence-electron chi connectivity index (χ1n) is 41.8. The number of amides is 12. The van der Waals surface area contributed by atoms with Crippen molar-refractivity contribution in [2.24, 2.45) is 11.8 Å². The van der Waals surface area contributed by atoms with E-state index in [0.717, 1.165) is 32.7 Å². The maximum Gasteiger partial charge on any atom is 0.408 e. The van der Waals surface area contributed by atoms with Crippen LogP contribution in [0.5, 0.6) is 5.75 Å². The number of nitrogens with one attached hydrogen (secondary N) is 11. The van der Waals surface area contributed by atoms with Gasteiger partial charge in [-0.25, -0.2) is 9.18 Å². The second kappa shape index (κ2) is 44.5. The monoisotopic (exact) mass is 1720 g/mol. The predicted octanol–water partition coefficient (Wildman–Crippen LogP) is 9.89. The molecule has 11 N–H and O–H groups in total.